The molecule has 0 aromatic carbocycles. The Labute approximate surface area is 346 Å². The maximum absolute atomic E-state index is 12.6. The molecule has 0 saturated heterocycles. The van der Waals surface area contributed by atoms with Gasteiger partial charge in [-0.15, -0.1) is 0 Å². The number of allylic oxidation sites excluding steroid dienone is 18. The summed E-state index contributed by atoms with van der Waals surface area (Å²) < 4.78 is 32.7. The summed E-state index contributed by atoms with van der Waals surface area (Å²) >= 11 is 0. The van der Waals surface area contributed by atoms with Crippen molar-refractivity contribution >= 4 is 19.8 Å². The van der Waals surface area contributed by atoms with Crippen LogP contribution in [0.2, 0.25) is 0 Å². The molecule has 0 fully saturated rings. The molecule has 10 heteroatoms. The maximum atomic E-state index is 12.6. The standard InChI is InChI=1S/C47H76NO8P/c1-3-5-7-9-11-13-15-17-19-21-22-24-26-28-30-32-34-36-38-40-47(50)56-45(44-55-57(51,52)54-42-41-48)43-53-46(49)39-37-35-33-31-29-27-25-23-20-18-16-14-12-10-8-6-4-2/h5,7,11-14,17-20,22,24-25,27-28,30-31,33,45H,3-4,6,8-10,15-16,21,23,26,29,32,34-44,48H2,1-2H3,(H,51,52)/t45-/m1/s1. The van der Waals surface area contributed by atoms with Gasteiger partial charge in [-0.25, -0.2) is 4.57 Å². The smallest absolute Gasteiger partial charge is 0.462 e. The Morgan fingerprint density at radius 2 is 0.982 bits per heavy atom. The van der Waals surface area contributed by atoms with Gasteiger partial charge in [0.15, 0.2) is 6.10 Å². The molecule has 3 N–H and O–H groups in total. The van der Waals surface area contributed by atoms with Crippen LogP contribution in [-0.2, 0) is 32.7 Å². The minimum absolute atomic E-state index is 0.0338. The second-order valence-corrected chi connectivity index (χ2v) is 14.9. The van der Waals surface area contributed by atoms with E-state index in [9.17, 15) is 19.0 Å². The van der Waals surface area contributed by atoms with Crippen LogP contribution >= 0.6 is 7.82 Å². The Kier molecular flexibility index (Phi) is 39.8. The van der Waals surface area contributed by atoms with E-state index in [0.29, 0.717) is 12.8 Å². The van der Waals surface area contributed by atoms with Crippen molar-refractivity contribution in [1.82, 2.24) is 0 Å². The zero-order valence-electron chi connectivity index (χ0n) is 35.3. The summed E-state index contributed by atoms with van der Waals surface area (Å²) in [4.78, 5) is 34.8. The molecule has 0 aromatic heterocycles. The number of unbranched alkanes of at least 4 members (excludes halogenated alkanes) is 7. The van der Waals surface area contributed by atoms with Crippen LogP contribution in [0.1, 0.15) is 142 Å². The van der Waals surface area contributed by atoms with Gasteiger partial charge in [-0.1, -0.05) is 142 Å². The fourth-order valence-corrected chi connectivity index (χ4v) is 5.77. The van der Waals surface area contributed by atoms with Crippen molar-refractivity contribution in [2.45, 2.75) is 148 Å². The first-order valence-electron chi connectivity index (χ1n) is 21.4. The van der Waals surface area contributed by atoms with E-state index < -0.39 is 32.5 Å². The van der Waals surface area contributed by atoms with Gasteiger partial charge < -0.3 is 20.1 Å². The minimum Gasteiger partial charge on any atom is -0.462 e. The summed E-state index contributed by atoms with van der Waals surface area (Å²) in [5.41, 5.74) is 5.34. The fourth-order valence-electron chi connectivity index (χ4n) is 5.00. The van der Waals surface area contributed by atoms with Crippen molar-refractivity contribution in [1.29, 1.82) is 0 Å². The Morgan fingerprint density at radius 3 is 1.46 bits per heavy atom. The van der Waals surface area contributed by atoms with Crippen LogP contribution in [0.4, 0.5) is 0 Å². The van der Waals surface area contributed by atoms with Crippen LogP contribution in [-0.4, -0.2) is 49.3 Å². The van der Waals surface area contributed by atoms with Gasteiger partial charge in [0, 0.05) is 19.4 Å². The summed E-state index contributed by atoms with van der Waals surface area (Å²) in [7, 11) is -4.41. The third-order valence-electron chi connectivity index (χ3n) is 8.14. The highest BCUT2D eigenvalue weighted by Gasteiger charge is 2.25. The number of ether oxygens (including phenoxy) is 2. The molecule has 0 rings (SSSR count). The molecule has 0 saturated carbocycles. The molecule has 57 heavy (non-hydrogen) atoms. The molecule has 0 aliphatic rings. The number of rotatable bonds is 38. The summed E-state index contributed by atoms with van der Waals surface area (Å²) in [5, 5.41) is 0. The van der Waals surface area contributed by atoms with Crippen molar-refractivity contribution in [2.24, 2.45) is 5.73 Å². The number of phosphoric ester groups is 1. The largest absolute Gasteiger partial charge is 0.472 e. The molecule has 0 amide bonds. The lowest BCUT2D eigenvalue weighted by molar-refractivity contribution is -0.161. The lowest BCUT2D eigenvalue weighted by Gasteiger charge is -2.19. The highest BCUT2D eigenvalue weighted by molar-refractivity contribution is 7.47. The molecule has 0 bridgehead atoms. The number of hydrogen-bond acceptors (Lipinski definition) is 8. The Balaban J connectivity index is 4.36. The molecular formula is C47H76NO8P. The highest BCUT2D eigenvalue weighted by Crippen LogP contribution is 2.43. The van der Waals surface area contributed by atoms with E-state index in [4.69, 9.17) is 24.3 Å². The molecule has 9 nitrogen and oxygen atoms in total. The number of carbonyl (C=O) groups is 2. The van der Waals surface area contributed by atoms with Gasteiger partial charge in [0.05, 0.1) is 13.2 Å². The molecule has 0 aliphatic carbocycles. The molecule has 2 atom stereocenters. The molecular weight excluding hydrogens is 737 g/mol. The van der Waals surface area contributed by atoms with E-state index in [-0.39, 0.29) is 32.6 Å². The van der Waals surface area contributed by atoms with Crippen LogP contribution in [0.5, 0.6) is 0 Å². The van der Waals surface area contributed by atoms with Gasteiger partial charge >= 0.3 is 19.8 Å². The number of esters is 2. The normalized spacial score (nSPS) is 14.4. The molecule has 0 aromatic rings. The van der Waals surface area contributed by atoms with Gasteiger partial charge in [-0.05, 0) is 96.3 Å². The van der Waals surface area contributed by atoms with Gasteiger partial charge in [-0.2, -0.15) is 0 Å². The van der Waals surface area contributed by atoms with E-state index in [1.807, 2.05) is 6.08 Å². The zero-order chi connectivity index (χ0) is 41.8. The first-order chi connectivity index (χ1) is 27.8. The third kappa shape index (κ3) is 42.1. The van der Waals surface area contributed by atoms with Gasteiger partial charge in [-0.3, -0.25) is 18.6 Å². The van der Waals surface area contributed by atoms with Crippen molar-refractivity contribution in [3.05, 3.63) is 109 Å². The van der Waals surface area contributed by atoms with E-state index >= 15 is 0 Å². The summed E-state index contributed by atoms with van der Waals surface area (Å²) in [6.07, 6.45) is 55.5. The monoisotopic (exact) mass is 814 g/mol. The van der Waals surface area contributed by atoms with Crippen LogP contribution in [0, 0.1) is 0 Å². The number of nitrogens with two attached hydrogens (primary N) is 1. The molecule has 0 heterocycles. The Bertz CT molecular complexity index is 1290. The van der Waals surface area contributed by atoms with E-state index in [2.05, 4.69) is 117 Å². The van der Waals surface area contributed by atoms with Crippen LogP contribution in [0.25, 0.3) is 0 Å². The average Bonchev–Trinajstić information content (AvgIpc) is 3.20. The first-order valence-corrected chi connectivity index (χ1v) is 22.9. The van der Waals surface area contributed by atoms with Crippen molar-refractivity contribution in [3.8, 4) is 0 Å². The molecule has 0 radical (unpaired) electrons. The SMILES string of the molecule is CCC=CCC=CCC=CCC=CCC=CCCCCCC(=O)O[C@H](COC(=O)CCCC=CCC=CCC=CCC=CCCCCC)COP(=O)(O)OCCN. The lowest BCUT2D eigenvalue weighted by Crippen LogP contribution is -2.29. The zero-order valence-corrected chi connectivity index (χ0v) is 36.2. The first kappa shape index (κ1) is 53.7. The van der Waals surface area contributed by atoms with Crippen LogP contribution in [0.3, 0.4) is 0 Å². The van der Waals surface area contributed by atoms with E-state index in [0.717, 1.165) is 77.0 Å². The third-order valence-corrected chi connectivity index (χ3v) is 9.13. The quantitative estimate of drug-likeness (QED) is 0.0270. The lowest BCUT2D eigenvalue weighted by atomic mass is 10.1. The Hall–Kier alpha value is -3.33. The van der Waals surface area contributed by atoms with Gasteiger partial charge in [0.2, 0.25) is 0 Å². The highest BCUT2D eigenvalue weighted by atomic mass is 31.2. The van der Waals surface area contributed by atoms with Crippen LogP contribution < -0.4 is 5.73 Å². The van der Waals surface area contributed by atoms with E-state index in [1.165, 1.54) is 25.7 Å². The van der Waals surface area contributed by atoms with Gasteiger partial charge in [0.25, 0.3) is 0 Å². The average molecular weight is 814 g/mol. The summed E-state index contributed by atoms with van der Waals surface area (Å²) in [6, 6.07) is 0. The van der Waals surface area contributed by atoms with Crippen molar-refractivity contribution in [2.75, 3.05) is 26.4 Å². The van der Waals surface area contributed by atoms with Crippen LogP contribution in [0.15, 0.2) is 109 Å². The second-order valence-electron chi connectivity index (χ2n) is 13.5. The van der Waals surface area contributed by atoms with Crippen molar-refractivity contribution < 1.29 is 37.6 Å². The number of hydrogen-bond donors (Lipinski definition) is 2. The number of carbonyl (C=O) groups excluding carboxylic acids is 2. The molecule has 0 aliphatic heterocycles. The number of phosphoric acid groups is 1. The minimum atomic E-state index is -4.41. The second kappa shape index (κ2) is 42.3. The maximum Gasteiger partial charge on any atom is 0.472 e. The fraction of sp³-hybridized carbons (Fsp3) is 0.574. The topological polar surface area (TPSA) is 134 Å². The Morgan fingerprint density at radius 1 is 0.544 bits per heavy atom. The summed E-state index contributed by atoms with van der Waals surface area (Å²) in [6.45, 7) is 3.45. The van der Waals surface area contributed by atoms with Gasteiger partial charge in [0.1, 0.15) is 6.61 Å². The summed E-state index contributed by atoms with van der Waals surface area (Å²) in [5.74, 6) is -0.945. The predicted molar refractivity (Wildman–Crippen MR) is 238 cm³/mol. The van der Waals surface area contributed by atoms with E-state index in [1.54, 1.807) is 0 Å². The molecule has 0 spiro atoms. The molecule has 322 valence electrons. The molecule has 1 unspecified atom stereocenters. The predicted octanol–water partition coefficient (Wildman–Crippen LogP) is 12.4. The van der Waals surface area contributed by atoms with Crippen molar-refractivity contribution in [3.63, 3.8) is 0 Å².